The molecule has 1 amide bonds. The predicted molar refractivity (Wildman–Crippen MR) is 135 cm³/mol. The van der Waals surface area contributed by atoms with Crippen LogP contribution in [0.25, 0.3) is 22.0 Å². The number of nitrogens with one attached hydrogen (secondary N) is 1. The largest absolute Gasteiger partial charge is 0.494 e. The standard InChI is InChI=1S/C28H22F6N4O2/c29-14-9-16(25(34)19(31)10-14)24-18(30)6-5-15-26(24)35-11-17(27(15)37-12-20(32)21(33)13-37)28(39)36-38-7-8-40-23-4-2-1-3-22(23)38/h1,3,5-6,9-11,20-21H,2,4,7-8,12-13H2,(H,36,39)/t20-,21+. The number of benzene rings is 2. The summed E-state index contributed by atoms with van der Waals surface area (Å²) in [6.07, 6.45) is 2.58. The maximum Gasteiger partial charge on any atom is 0.273 e. The van der Waals surface area contributed by atoms with Crippen molar-refractivity contribution in [2.24, 2.45) is 0 Å². The molecule has 6 nitrogen and oxygen atoms in total. The average molecular weight is 560 g/mol. The lowest BCUT2D eigenvalue weighted by molar-refractivity contribution is 0.0690. The molecule has 2 aliphatic heterocycles. The lowest BCUT2D eigenvalue weighted by atomic mass is 9.98. The number of hydrazine groups is 1. The quantitative estimate of drug-likeness (QED) is 0.338. The van der Waals surface area contributed by atoms with Crippen molar-refractivity contribution in [3.8, 4) is 11.1 Å². The van der Waals surface area contributed by atoms with Gasteiger partial charge >= 0.3 is 0 Å². The molecule has 0 bridgehead atoms. The van der Waals surface area contributed by atoms with Crippen molar-refractivity contribution in [3.05, 3.63) is 82.9 Å². The Labute approximate surface area is 224 Å². The Kier molecular flexibility index (Phi) is 6.55. The van der Waals surface area contributed by atoms with Crippen LogP contribution >= 0.6 is 0 Å². The van der Waals surface area contributed by atoms with Crippen molar-refractivity contribution in [1.29, 1.82) is 0 Å². The summed E-state index contributed by atoms with van der Waals surface area (Å²) in [7, 11) is 0. The Morgan fingerprint density at radius 1 is 1.05 bits per heavy atom. The molecule has 0 unspecified atom stereocenters. The van der Waals surface area contributed by atoms with Crippen LogP contribution < -0.4 is 10.3 Å². The number of hydrogen-bond donors (Lipinski definition) is 1. The van der Waals surface area contributed by atoms with Gasteiger partial charge in [0.05, 0.1) is 42.1 Å². The third-order valence-electron chi connectivity index (χ3n) is 7.18. The van der Waals surface area contributed by atoms with Gasteiger partial charge in [-0.05, 0) is 30.7 Å². The second-order valence-corrected chi connectivity index (χ2v) is 9.72. The number of aromatic nitrogens is 1. The molecule has 2 aromatic carbocycles. The van der Waals surface area contributed by atoms with Crippen LogP contribution in [0.4, 0.5) is 32.0 Å². The third-order valence-corrected chi connectivity index (χ3v) is 7.18. The Bertz CT molecular complexity index is 1580. The monoisotopic (exact) mass is 560 g/mol. The van der Waals surface area contributed by atoms with Gasteiger partial charge in [0.1, 0.15) is 24.0 Å². The number of carbonyl (C=O) groups excluding carboxylic acids is 1. The summed E-state index contributed by atoms with van der Waals surface area (Å²) in [4.78, 5) is 19.1. The molecule has 3 aliphatic rings. The molecular formula is C28H22F6N4O2. The van der Waals surface area contributed by atoms with E-state index in [4.69, 9.17) is 4.74 Å². The predicted octanol–water partition coefficient (Wildman–Crippen LogP) is 5.49. The first kappa shape index (κ1) is 26.0. The van der Waals surface area contributed by atoms with E-state index in [2.05, 4.69) is 10.4 Å². The highest BCUT2D eigenvalue weighted by molar-refractivity contribution is 6.10. The molecule has 12 heteroatoms. The number of carbonyl (C=O) groups is 1. The van der Waals surface area contributed by atoms with Crippen molar-refractivity contribution < 1.29 is 35.9 Å². The van der Waals surface area contributed by atoms with E-state index in [9.17, 15) is 26.7 Å². The zero-order valence-electron chi connectivity index (χ0n) is 20.9. The lowest BCUT2D eigenvalue weighted by Crippen LogP contribution is -2.46. The van der Waals surface area contributed by atoms with Gasteiger partial charge in [-0.25, -0.2) is 26.3 Å². The fraction of sp³-hybridized carbons (Fsp3) is 0.286. The second-order valence-electron chi connectivity index (χ2n) is 9.72. The Hall–Kier alpha value is -4.22. The molecule has 1 aliphatic carbocycles. The molecule has 3 aromatic rings. The second kappa shape index (κ2) is 10.1. The average Bonchev–Trinajstić information content (AvgIpc) is 3.27. The number of alkyl halides is 2. The van der Waals surface area contributed by atoms with E-state index >= 15 is 4.39 Å². The Morgan fingerprint density at radius 3 is 2.60 bits per heavy atom. The zero-order valence-corrected chi connectivity index (χ0v) is 20.9. The molecule has 208 valence electrons. The summed E-state index contributed by atoms with van der Waals surface area (Å²) in [6, 6.07) is 3.11. The number of anilines is 1. The van der Waals surface area contributed by atoms with Gasteiger partial charge in [0, 0.05) is 35.2 Å². The van der Waals surface area contributed by atoms with Crippen LogP contribution in [0.3, 0.4) is 0 Å². The van der Waals surface area contributed by atoms with Crippen LogP contribution in [0.1, 0.15) is 23.2 Å². The highest BCUT2D eigenvalue weighted by Crippen LogP contribution is 2.40. The summed E-state index contributed by atoms with van der Waals surface area (Å²) < 4.78 is 92.3. The van der Waals surface area contributed by atoms with E-state index in [1.165, 1.54) is 11.0 Å². The molecule has 0 radical (unpaired) electrons. The molecule has 1 saturated heterocycles. The number of pyridine rings is 1. The molecule has 2 atom stereocenters. The van der Waals surface area contributed by atoms with Gasteiger partial charge in [-0.3, -0.25) is 20.2 Å². The fourth-order valence-corrected chi connectivity index (χ4v) is 5.33. The molecule has 0 spiro atoms. The van der Waals surface area contributed by atoms with Gasteiger partial charge in [0.25, 0.3) is 5.91 Å². The molecule has 0 saturated carbocycles. The number of fused-ring (bicyclic) bond motifs is 1. The van der Waals surface area contributed by atoms with Crippen molar-refractivity contribution in [1.82, 2.24) is 15.4 Å². The van der Waals surface area contributed by atoms with Crippen LogP contribution in [0.15, 0.2) is 54.1 Å². The highest BCUT2D eigenvalue weighted by atomic mass is 19.2. The smallest absolute Gasteiger partial charge is 0.273 e. The number of hydrogen-bond acceptors (Lipinski definition) is 5. The minimum Gasteiger partial charge on any atom is -0.494 e. The SMILES string of the molecule is O=C(NN1CCOC2=C1C=CCC2)c1cnc2c(-c3cc(F)cc(F)c3F)c(F)ccc2c1N1C[C@@H](F)[C@@H](F)C1. The van der Waals surface area contributed by atoms with Crippen molar-refractivity contribution in [2.45, 2.75) is 25.2 Å². The van der Waals surface area contributed by atoms with Gasteiger partial charge < -0.3 is 9.64 Å². The first-order valence-electron chi connectivity index (χ1n) is 12.6. The zero-order chi connectivity index (χ0) is 28.1. The van der Waals surface area contributed by atoms with Crippen LogP contribution in [0, 0.1) is 23.3 Å². The molecule has 40 heavy (non-hydrogen) atoms. The van der Waals surface area contributed by atoms with E-state index in [1.807, 2.05) is 12.2 Å². The van der Waals surface area contributed by atoms with Crippen LogP contribution in [-0.4, -0.2) is 54.5 Å². The fourth-order valence-electron chi connectivity index (χ4n) is 5.33. The van der Waals surface area contributed by atoms with E-state index in [0.717, 1.165) is 24.4 Å². The number of allylic oxidation sites excluding steroid dienone is 3. The normalized spacial score (nSPS) is 20.6. The minimum atomic E-state index is -1.85. The first-order valence-corrected chi connectivity index (χ1v) is 12.6. The topological polar surface area (TPSA) is 57.7 Å². The third kappa shape index (κ3) is 4.40. The van der Waals surface area contributed by atoms with Gasteiger partial charge in [-0.15, -0.1) is 0 Å². The number of amides is 1. The summed E-state index contributed by atoms with van der Waals surface area (Å²) in [5, 5.41) is 1.65. The number of ether oxygens (including phenoxy) is 1. The van der Waals surface area contributed by atoms with E-state index in [0.29, 0.717) is 37.4 Å². The summed E-state index contributed by atoms with van der Waals surface area (Å²) in [5.41, 5.74) is 1.90. The molecule has 3 heterocycles. The molecule has 1 aromatic heterocycles. The van der Waals surface area contributed by atoms with Crippen LogP contribution in [0.2, 0.25) is 0 Å². The summed E-state index contributed by atoms with van der Waals surface area (Å²) in [5.74, 6) is -5.14. The Morgan fingerprint density at radius 2 is 1.82 bits per heavy atom. The maximum absolute atomic E-state index is 15.1. The van der Waals surface area contributed by atoms with Crippen LogP contribution in [-0.2, 0) is 4.74 Å². The maximum atomic E-state index is 15.1. The van der Waals surface area contributed by atoms with Crippen molar-refractivity contribution in [2.75, 3.05) is 31.1 Å². The summed E-state index contributed by atoms with van der Waals surface area (Å²) >= 11 is 0. The van der Waals surface area contributed by atoms with Crippen LogP contribution in [0.5, 0.6) is 0 Å². The van der Waals surface area contributed by atoms with Gasteiger partial charge in [-0.1, -0.05) is 6.08 Å². The molecule has 6 rings (SSSR count). The number of nitrogens with zero attached hydrogens (tertiary/aromatic N) is 3. The highest BCUT2D eigenvalue weighted by Gasteiger charge is 2.36. The number of halogens is 6. The molecule has 1 fully saturated rings. The van der Waals surface area contributed by atoms with E-state index < -0.39 is 65.7 Å². The molecular weight excluding hydrogens is 538 g/mol. The summed E-state index contributed by atoms with van der Waals surface area (Å²) in [6.45, 7) is -0.168. The Balaban J connectivity index is 1.50. The molecule has 1 N–H and O–H groups in total. The van der Waals surface area contributed by atoms with Gasteiger partial charge in [-0.2, -0.15) is 0 Å². The van der Waals surface area contributed by atoms with E-state index in [-0.39, 0.29) is 22.2 Å². The van der Waals surface area contributed by atoms with Gasteiger partial charge in [0.15, 0.2) is 24.0 Å². The first-order chi connectivity index (χ1) is 19.2. The minimum absolute atomic E-state index is 0.0329. The van der Waals surface area contributed by atoms with Crippen molar-refractivity contribution >= 4 is 22.5 Å². The number of rotatable bonds is 4. The van der Waals surface area contributed by atoms with Crippen molar-refractivity contribution in [3.63, 3.8) is 0 Å². The lowest BCUT2D eigenvalue weighted by Gasteiger charge is -2.34. The van der Waals surface area contributed by atoms with E-state index in [1.54, 1.807) is 5.01 Å². The van der Waals surface area contributed by atoms with Gasteiger partial charge in [0.2, 0.25) is 0 Å².